The molecular formula is C54H72F2N6O8Si. The summed E-state index contributed by atoms with van der Waals surface area (Å²) in [6.07, 6.45) is 6.37. The lowest BCUT2D eigenvalue weighted by Crippen LogP contribution is -2.57. The van der Waals surface area contributed by atoms with E-state index in [1.54, 1.807) is 24.4 Å². The number of nitrogens with zero attached hydrogens (tertiary/aromatic N) is 6. The molecule has 3 aliphatic heterocycles. The highest BCUT2D eigenvalue weighted by Gasteiger charge is 2.47. The van der Waals surface area contributed by atoms with Crippen LogP contribution in [0.5, 0.6) is 11.8 Å². The molecular weight excluding hydrogens is 927 g/mol. The van der Waals surface area contributed by atoms with Crippen LogP contribution in [0.1, 0.15) is 113 Å². The van der Waals surface area contributed by atoms with Crippen LogP contribution >= 0.6 is 0 Å². The minimum atomic E-state index is -2.34. The van der Waals surface area contributed by atoms with Gasteiger partial charge < -0.3 is 38.6 Å². The van der Waals surface area contributed by atoms with Crippen molar-refractivity contribution in [2.75, 3.05) is 64.7 Å². The fourth-order valence-electron chi connectivity index (χ4n) is 11.5. The minimum absolute atomic E-state index is 0.00187. The van der Waals surface area contributed by atoms with Gasteiger partial charge in [0.2, 0.25) is 0 Å². The Morgan fingerprint density at radius 2 is 1.62 bits per heavy atom. The molecule has 2 bridgehead atoms. The number of benzene rings is 2. The van der Waals surface area contributed by atoms with Crippen molar-refractivity contribution < 1.29 is 47.2 Å². The molecule has 2 unspecified atom stereocenters. The van der Waals surface area contributed by atoms with Gasteiger partial charge in [-0.1, -0.05) is 53.5 Å². The molecule has 3 saturated heterocycles. The molecule has 0 spiro atoms. The summed E-state index contributed by atoms with van der Waals surface area (Å²) in [6.45, 7) is 22.6. The van der Waals surface area contributed by atoms with Crippen LogP contribution in [0.2, 0.25) is 16.6 Å². The summed E-state index contributed by atoms with van der Waals surface area (Å²) in [5.41, 5.74) is 4.20. The van der Waals surface area contributed by atoms with Gasteiger partial charge >= 0.3 is 18.1 Å². The number of methoxy groups -OCH3 is 1. The first-order chi connectivity index (χ1) is 33.7. The van der Waals surface area contributed by atoms with E-state index in [2.05, 4.69) is 62.8 Å². The van der Waals surface area contributed by atoms with Gasteiger partial charge in [0.15, 0.2) is 12.6 Å². The summed E-state index contributed by atoms with van der Waals surface area (Å²) in [6, 6.07) is 6.21. The van der Waals surface area contributed by atoms with E-state index in [-0.39, 0.29) is 72.3 Å². The van der Waals surface area contributed by atoms with Crippen molar-refractivity contribution >= 4 is 47.6 Å². The Morgan fingerprint density at radius 1 is 0.944 bits per heavy atom. The fourth-order valence-corrected chi connectivity index (χ4v) is 16.7. The summed E-state index contributed by atoms with van der Waals surface area (Å²) in [5.74, 6) is 2.08. The number of hydrogen-bond acceptors (Lipinski definition) is 12. The van der Waals surface area contributed by atoms with E-state index in [4.69, 9.17) is 43.7 Å². The number of halogens is 2. The number of rotatable bonds is 17. The standard InChI is InChI=1S/C54H72F2N6O8Si/c1-33(2)71(34(3)4,35(5)6)24-18-41-44(55)14-11-36-25-40(69-32-66-10)26-42(46(36)41)48-47(56)49-43(27-57-48)50(61-28-37-12-13-38(29-61)62(37)52(65)70-53(7,8)9)59-51(58-49)68-31-54(19-20-54)30-60-21-15-39(16-22-60)67-23-17-45(63)64/h11,14,25-27,33-35,37-39H,12-13,15-17,19-23,28-32H2,1-10H3,(H,63,64). The van der Waals surface area contributed by atoms with E-state index in [0.717, 1.165) is 58.2 Å². The summed E-state index contributed by atoms with van der Waals surface area (Å²) in [4.78, 5) is 45.5. The van der Waals surface area contributed by atoms with Gasteiger partial charge in [-0.05, 0) is 99.5 Å². The van der Waals surface area contributed by atoms with Gasteiger partial charge in [-0.25, -0.2) is 13.6 Å². The molecule has 2 aromatic carbocycles. The molecule has 0 radical (unpaired) electrons. The molecule has 384 valence electrons. The number of pyridine rings is 1. The van der Waals surface area contributed by atoms with Crippen molar-refractivity contribution in [2.24, 2.45) is 5.41 Å². The third kappa shape index (κ3) is 11.3. The topological polar surface area (TPSA) is 149 Å². The molecule has 8 rings (SSSR count). The number of aliphatic carboxylic acids is 1. The summed E-state index contributed by atoms with van der Waals surface area (Å²) >= 11 is 0. The predicted octanol–water partition coefficient (Wildman–Crippen LogP) is 10.4. The van der Waals surface area contributed by atoms with Crippen LogP contribution in [0.3, 0.4) is 0 Å². The normalized spacial score (nSPS) is 19.5. The van der Waals surface area contributed by atoms with Crippen molar-refractivity contribution in [1.82, 2.24) is 24.8 Å². The lowest BCUT2D eigenvalue weighted by molar-refractivity contribution is -0.138. The maximum atomic E-state index is 18.0. The third-order valence-electron chi connectivity index (χ3n) is 15.2. The number of carboxylic acid groups (broad SMARTS) is 1. The SMILES string of the molecule is COCOc1cc(-c2ncc3c(N4CC5CCC(C4)N5C(=O)OC(C)(C)C)nc(OCC4(CN5CCC(OCCC(=O)O)CC5)CC4)nc3c2F)c2c(C#C[Si](C(C)C)(C(C)C)C(C)C)c(F)ccc2c1. The Morgan fingerprint density at radius 3 is 2.23 bits per heavy atom. The predicted molar refractivity (Wildman–Crippen MR) is 273 cm³/mol. The number of piperidine rings is 1. The van der Waals surface area contributed by atoms with E-state index < -0.39 is 31.3 Å². The van der Waals surface area contributed by atoms with E-state index in [0.29, 0.717) is 69.6 Å². The zero-order valence-corrected chi connectivity index (χ0v) is 44.2. The number of ether oxygens (including phenoxy) is 5. The maximum Gasteiger partial charge on any atom is 0.410 e. The second kappa shape index (κ2) is 21.1. The summed E-state index contributed by atoms with van der Waals surface area (Å²) < 4.78 is 63.9. The van der Waals surface area contributed by atoms with Crippen LogP contribution in [0.25, 0.3) is 32.9 Å². The Kier molecular flexibility index (Phi) is 15.5. The van der Waals surface area contributed by atoms with Gasteiger partial charge in [0.05, 0.1) is 48.8 Å². The quantitative estimate of drug-likeness (QED) is 0.0608. The lowest BCUT2D eigenvalue weighted by atomic mass is 9.95. The second-order valence-corrected chi connectivity index (χ2v) is 27.7. The molecule has 4 aromatic rings. The first kappa shape index (κ1) is 52.2. The van der Waals surface area contributed by atoms with Crippen molar-refractivity contribution in [3.8, 4) is 34.5 Å². The molecule has 14 nitrogen and oxygen atoms in total. The molecule has 2 aromatic heterocycles. The number of carboxylic acids is 1. The summed E-state index contributed by atoms with van der Waals surface area (Å²) in [5, 5.41) is 10.4. The molecule has 1 aliphatic carbocycles. The van der Waals surface area contributed by atoms with E-state index in [9.17, 15) is 9.59 Å². The van der Waals surface area contributed by atoms with Crippen molar-refractivity contribution in [3.05, 3.63) is 47.7 Å². The van der Waals surface area contributed by atoms with Gasteiger partial charge in [-0.15, -0.1) is 5.54 Å². The molecule has 1 saturated carbocycles. The monoisotopic (exact) mass is 999 g/mol. The van der Waals surface area contributed by atoms with Crippen molar-refractivity contribution in [3.63, 3.8) is 0 Å². The van der Waals surface area contributed by atoms with Gasteiger partial charge in [0.25, 0.3) is 0 Å². The largest absolute Gasteiger partial charge is 0.481 e. The van der Waals surface area contributed by atoms with E-state index in [1.165, 1.54) is 13.2 Å². The molecule has 1 amide bonds. The number of anilines is 1. The Balaban J connectivity index is 1.19. The van der Waals surface area contributed by atoms with Crippen LogP contribution in [0, 0.1) is 28.5 Å². The number of carbonyl (C=O) groups is 2. The highest BCUT2D eigenvalue weighted by atomic mass is 28.3. The first-order valence-corrected chi connectivity index (χ1v) is 27.7. The maximum absolute atomic E-state index is 18.0. The molecule has 5 heterocycles. The average molecular weight is 999 g/mol. The van der Waals surface area contributed by atoms with Gasteiger partial charge in [-0.2, -0.15) is 9.97 Å². The number of aromatic nitrogens is 3. The van der Waals surface area contributed by atoms with E-state index >= 15 is 8.78 Å². The number of likely N-dealkylation sites (tertiary alicyclic amines) is 1. The molecule has 2 atom stereocenters. The highest BCUT2D eigenvalue weighted by Crippen LogP contribution is 2.48. The van der Waals surface area contributed by atoms with Gasteiger partial charge in [-0.3, -0.25) is 14.7 Å². The zero-order chi connectivity index (χ0) is 51.0. The van der Waals surface area contributed by atoms with Gasteiger partial charge in [0, 0.05) is 62.4 Å². The highest BCUT2D eigenvalue weighted by molar-refractivity contribution is 6.90. The van der Waals surface area contributed by atoms with Crippen LogP contribution in [0.15, 0.2) is 30.5 Å². The van der Waals surface area contributed by atoms with E-state index in [1.807, 2.05) is 25.7 Å². The van der Waals surface area contributed by atoms with Crippen molar-refractivity contribution in [2.45, 2.75) is 148 Å². The number of carbonyl (C=O) groups excluding carboxylic acids is 1. The molecule has 71 heavy (non-hydrogen) atoms. The van der Waals surface area contributed by atoms with Crippen molar-refractivity contribution in [1.29, 1.82) is 0 Å². The van der Waals surface area contributed by atoms with Crippen LogP contribution in [0.4, 0.5) is 19.4 Å². The molecule has 17 heteroatoms. The smallest absolute Gasteiger partial charge is 0.410 e. The minimum Gasteiger partial charge on any atom is -0.481 e. The fraction of sp³-hybridized carbons (Fsp3) is 0.611. The zero-order valence-electron chi connectivity index (χ0n) is 43.2. The first-order valence-electron chi connectivity index (χ1n) is 25.4. The average Bonchev–Trinajstić information content (AvgIpc) is 4.02. The lowest BCUT2D eigenvalue weighted by Gasteiger charge is -2.42. The Labute approximate surface area is 418 Å². The number of hydrogen-bond donors (Lipinski definition) is 1. The summed E-state index contributed by atoms with van der Waals surface area (Å²) in [7, 11) is -0.822. The van der Waals surface area contributed by atoms with Crippen LogP contribution < -0.4 is 14.4 Å². The molecule has 4 aliphatic rings. The van der Waals surface area contributed by atoms with Gasteiger partial charge in [0.1, 0.15) is 42.3 Å². The number of piperazine rings is 1. The second-order valence-electron chi connectivity index (χ2n) is 22.2. The van der Waals surface area contributed by atoms with Crippen LogP contribution in [-0.2, 0) is 19.0 Å². The Bertz CT molecular complexity index is 2640. The molecule has 1 N–H and O–H groups in total. The van der Waals surface area contributed by atoms with Crippen LogP contribution in [-0.4, -0.2) is 134 Å². The number of amides is 1. The third-order valence-corrected chi connectivity index (χ3v) is 21.5. The molecule has 4 fully saturated rings. The Hall–Kier alpha value is -5.15. The number of fused-ring (bicyclic) bond motifs is 4.